The molecule has 2 heterocycles. The van der Waals surface area contributed by atoms with E-state index in [2.05, 4.69) is 28.9 Å². The summed E-state index contributed by atoms with van der Waals surface area (Å²) in [6.45, 7) is 6.82. The Morgan fingerprint density at radius 1 is 1.53 bits per heavy atom. The van der Waals surface area contributed by atoms with Gasteiger partial charge in [-0.15, -0.1) is 0 Å². The normalized spacial score (nSPS) is 21.5. The van der Waals surface area contributed by atoms with Crippen LogP contribution < -0.4 is 0 Å². The number of likely N-dealkylation sites (tertiary alicyclic amines) is 1. The van der Waals surface area contributed by atoms with Gasteiger partial charge in [0.05, 0.1) is 6.61 Å². The van der Waals surface area contributed by atoms with Crippen molar-refractivity contribution in [3.63, 3.8) is 0 Å². The lowest BCUT2D eigenvalue weighted by atomic mass is 10.1. The van der Waals surface area contributed by atoms with Crippen LogP contribution in [0.1, 0.15) is 32.0 Å². The van der Waals surface area contributed by atoms with Gasteiger partial charge in [0.1, 0.15) is 0 Å². The summed E-state index contributed by atoms with van der Waals surface area (Å²) in [4.78, 5) is 6.76. The highest BCUT2D eigenvalue weighted by molar-refractivity contribution is 4.90. The molecule has 0 saturated carbocycles. The van der Waals surface area contributed by atoms with Crippen LogP contribution in [0.3, 0.4) is 0 Å². The second kappa shape index (κ2) is 5.60. The molecule has 5 heteroatoms. The van der Waals surface area contributed by atoms with E-state index in [0.29, 0.717) is 30.1 Å². The van der Waals surface area contributed by atoms with Crippen LogP contribution in [-0.4, -0.2) is 45.9 Å². The molecule has 0 radical (unpaired) electrons. The van der Waals surface area contributed by atoms with Crippen LogP contribution in [0.25, 0.3) is 0 Å². The van der Waals surface area contributed by atoms with Crippen LogP contribution in [0, 0.1) is 5.92 Å². The van der Waals surface area contributed by atoms with E-state index in [1.807, 2.05) is 0 Å². The molecule has 96 valence electrons. The lowest BCUT2D eigenvalue weighted by molar-refractivity contribution is 0.260. The lowest BCUT2D eigenvalue weighted by Gasteiger charge is -2.19. The summed E-state index contributed by atoms with van der Waals surface area (Å²) in [6.07, 6.45) is 2.55. The summed E-state index contributed by atoms with van der Waals surface area (Å²) >= 11 is 0. The van der Waals surface area contributed by atoms with Crippen LogP contribution in [-0.2, 0) is 12.8 Å². The molecule has 1 atom stereocenters. The van der Waals surface area contributed by atoms with Gasteiger partial charge in [0.25, 0.3) is 0 Å². The van der Waals surface area contributed by atoms with Gasteiger partial charge < -0.3 is 14.5 Å². The summed E-state index contributed by atoms with van der Waals surface area (Å²) in [6, 6.07) is 0.618. The number of aliphatic hydroxyl groups excluding tert-OH is 1. The molecule has 1 aliphatic heterocycles. The van der Waals surface area contributed by atoms with Crippen molar-refractivity contribution in [2.45, 2.75) is 39.2 Å². The zero-order valence-corrected chi connectivity index (χ0v) is 10.6. The average Bonchev–Trinajstić information content (AvgIpc) is 2.89. The third-order valence-electron chi connectivity index (χ3n) is 3.36. The summed E-state index contributed by atoms with van der Waals surface area (Å²) in [5.74, 6) is 1.95. The topological polar surface area (TPSA) is 62.4 Å². The van der Waals surface area contributed by atoms with Crippen molar-refractivity contribution < 1.29 is 9.63 Å². The summed E-state index contributed by atoms with van der Waals surface area (Å²) in [7, 11) is 0. The summed E-state index contributed by atoms with van der Waals surface area (Å²) < 4.78 is 5.18. The fourth-order valence-corrected chi connectivity index (χ4v) is 2.32. The molecule has 1 aromatic heterocycles. The fourth-order valence-electron chi connectivity index (χ4n) is 2.32. The van der Waals surface area contributed by atoms with Crippen LogP contribution in [0.4, 0.5) is 0 Å². The van der Waals surface area contributed by atoms with Gasteiger partial charge in [0.15, 0.2) is 5.82 Å². The first kappa shape index (κ1) is 12.5. The molecule has 0 spiro atoms. The minimum Gasteiger partial charge on any atom is -0.396 e. The zero-order chi connectivity index (χ0) is 12.3. The molecule has 1 saturated heterocycles. The molecule has 0 bridgehead atoms. The van der Waals surface area contributed by atoms with Crippen molar-refractivity contribution in [3.05, 3.63) is 11.7 Å². The van der Waals surface area contributed by atoms with E-state index < -0.39 is 0 Å². The highest BCUT2D eigenvalue weighted by Crippen LogP contribution is 2.21. The van der Waals surface area contributed by atoms with Crippen molar-refractivity contribution in [2.75, 3.05) is 19.7 Å². The Morgan fingerprint density at radius 2 is 2.35 bits per heavy atom. The van der Waals surface area contributed by atoms with Crippen molar-refractivity contribution in [3.8, 4) is 0 Å². The Morgan fingerprint density at radius 3 is 3.00 bits per heavy atom. The van der Waals surface area contributed by atoms with E-state index in [1.165, 1.54) is 13.0 Å². The molecule has 5 nitrogen and oxygen atoms in total. The molecule has 1 N–H and O–H groups in total. The first-order valence-corrected chi connectivity index (χ1v) is 6.35. The summed E-state index contributed by atoms with van der Waals surface area (Å²) in [5.41, 5.74) is 0. The molecule has 1 aliphatic rings. The van der Waals surface area contributed by atoms with Crippen LogP contribution in [0.2, 0.25) is 0 Å². The molecule has 1 unspecified atom stereocenters. The largest absolute Gasteiger partial charge is 0.396 e. The quantitative estimate of drug-likeness (QED) is 0.826. The predicted octanol–water partition coefficient (Wildman–Crippen LogP) is 0.877. The molecule has 1 aromatic rings. The van der Waals surface area contributed by atoms with E-state index >= 15 is 0 Å². The smallest absolute Gasteiger partial charge is 0.226 e. The van der Waals surface area contributed by atoms with Crippen molar-refractivity contribution in [1.82, 2.24) is 15.0 Å². The van der Waals surface area contributed by atoms with E-state index in [4.69, 9.17) is 9.63 Å². The second-order valence-electron chi connectivity index (χ2n) is 5.03. The van der Waals surface area contributed by atoms with Crippen LogP contribution in [0.5, 0.6) is 0 Å². The molecule has 0 aliphatic carbocycles. The monoisotopic (exact) mass is 239 g/mol. The third-order valence-corrected chi connectivity index (χ3v) is 3.36. The van der Waals surface area contributed by atoms with Crippen LogP contribution in [0.15, 0.2) is 4.52 Å². The molecule has 17 heavy (non-hydrogen) atoms. The highest BCUT2D eigenvalue weighted by atomic mass is 16.5. The molecule has 1 fully saturated rings. The van der Waals surface area contributed by atoms with E-state index in [1.54, 1.807) is 0 Å². The van der Waals surface area contributed by atoms with Crippen molar-refractivity contribution >= 4 is 0 Å². The number of nitrogens with zero attached hydrogens (tertiary/aromatic N) is 3. The van der Waals surface area contributed by atoms with Gasteiger partial charge in [0.2, 0.25) is 5.89 Å². The SMILES string of the molecule is CC(C)N1CCC(Cc2nc(CCO)no2)C1. The first-order valence-electron chi connectivity index (χ1n) is 6.35. The number of hydrogen-bond acceptors (Lipinski definition) is 5. The third kappa shape index (κ3) is 3.26. The number of aliphatic hydroxyl groups is 1. The first-order chi connectivity index (χ1) is 8.19. The van der Waals surface area contributed by atoms with Crippen LogP contribution >= 0.6 is 0 Å². The Balaban J connectivity index is 1.84. The molecule has 0 amide bonds. The Hall–Kier alpha value is -0.940. The van der Waals surface area contributed by atoms with Gasteiger partial charge in [-0.05, 0) is 32.7 Å². The lowest BCUT2D eigenvalue weighted by Crippen LogP contribution is -2.28. The van der Waals surface area contributed by atoms with Gasteiger partial charge in [-0.1, -0.05) is 5.16 Å². The van der Waals surface area contributed by atoms with E-state index in [9.17, 15) is 0 Å². The molecular weight excluding hydrogens is 218 g/mol. The Kier molecular flexibility index (Phi) is 4.12. The van der Waals surface area contributed by atoms with Gasteiger partial charge in [-0.2, -0.15) is 4.98 Å². The second-order valence-corrected chi connectivity index (χ2v) is 5.03. The molecule has 0 aromatic carbocycles. The number of aromatic nitrogens is 2. The Bertz CT molecular complexity index is 351. The van der Waals surface area contributed by atoms with Crippen molar-refractivity contribution in [2.24, 2.45) is 5.92 Å². The van der Waals surface area contributed by atoms with E-state index in [0.717, 1.165) is 13.0 Å². The molecule has 2 rings (SSSR count). The maximum atomic E-state index is 8.78. The standard InChI is InChI=1S/C12H21N3O2/c1-9(2)15-5-3-10(8-15)7-12-13-11(4-6-16)14-17-12/h9-10,16H,3-8H2,1-2H3. The van der Waals surface area contributed by atoms with Gasteiger partial charge in [-0.3, -0.25) is 0 Å². The average molecular weight is 239 g/mol. The van der Waals surface area contributed by atoms with Gasteiger partial charge in [-0.25, -0.2) is 0 Å². The summed E-state index contributed by atoms with van der Waals surface area (Å²) in [5, 5.41) is 12.6. The van der Waals surface area contributed by atoms with E-state index in [-0.39, 0.29) is 6.61 Å². The number of rotatable bonds is 5. The minimum atomic E-state index is 0.0729. The van der Waals surface area contributed by atoms with Gasteiger partial charge >= 0.3 is 0 Å². The van der Waals surface area contributed by atoms with Gasteiger partial charge in [0, 0.05) is 25.4 Å². The Labute approximate surface area is 102 Å². The predicted molar refractivity (Wildman–Crippen MR) is 63.6 cm³/mol. The zero-order valence-electron chi connectivity index (χ0n) is 10.6. The minimum absolute atomic E-state index is 0.0729. The fraction of sp³-hybridized carbons (Fsp3) is 0.833. The maximum absolute atomic E-state index is 8.78. The highest BCUT2D eigenvalue weighted by Gasteiger charge is 2.25. The van der Waals surface area contributed by atoms with Crippen molar-refractivity contribution in [1.29, 1.82) is 0 Å². The number of hydrogen-bond donors (Lipinski definition) is 1. The molecular formula is C12H21N3O2. The maximum Gasteiger partial charge on any atom is 0.226 e.